The molecule has 0 amide bonds. The van der Waals surface area contributed by atoms with E-state index in [0.29, 0.717) is 5.41 Å². The first-order chi connectivity index (χ1) is 8.11. The molecule has 1 aliphatic carbocycles. The normalized spacial score (nSPS) is 18.5. The summed E-state index contributed by atoms with van der Waals surface area (Å²) in [6.07, 6.45) is 5.39. The molecule has 0 heterocycles. The maximum Gasteiger partial charge on any atom is 0.0465 e. The van der Waals surface area contributed by atoms with Gasteiger partial charge in [0.1, 0.15) is 0 Å². The molecule has 1 N–H and O–H groups in total. The van der Waals surface area contributed by atoms with E-state index in [-0.39, 0.29) is 0 Å². The van der Waals surface area contributed by atoms with E-state index in [1.54, 1.807) is 0 Å². The van der Waals surface area contributed by atoms with Crippen LogP contribution in [0.1, 0.15) is 38.2 Å². The van der Waals surface area contributed by atoms with E-state index in [4.69, 9.17) is 23.2 Å². The molecule has 2 rings (SSSR count). The van der Waals surface area contributed by atoms with Crippen molar-refractivity contribution in [3.63, 3.8) is 0 Å². The first-order valence-electron chi connectivity index (χ1n) is 6.24. The number of rotatable bonds is 4. The van der Waals surface area contributed by atoms with E-state index in [1.165, 1.54) is 25.7 Å². The molecule has 1 nitrogen and oxygen atoms in total. The van der Waals surface area contributed by atoms with Gasteiger partial charge in [0, 0.05) is 28.7 Å². The van der Waals surface area contributed by atoms with Crippen LogP contribution in [0.2, 0.25) is 10.0 Å². The lowest BCUT2D eigenvalue weighted by molar-refractivity contribution is 0.314. The van der Waals surface area contributed by atoms with Crippen LogP contribution < -0.4 is 5.32 Å². The lowest BCUT2D eigenvalue weighted by Gasteiger charge is -2.24. The molecule has 0 radical (unpaired) electrons. The summed E-state index contributed by atoms with van der Waals surface area (Å²) >= 11 is 12.3. The molecule has 1 saturated carbocycles. The standard InChI is InChI=1S/C14H19Cl2N/c1-14(7-2-3-8-14)10-17-9-11-12(15)5-4-6-13(11)16/h4-6,17H,2-3,7-10H2,1H3. The van der Waals surface area contributed by atoms with Gasteiger partial charge in [0.15, 0.2) is 0 Å². The highest BCUT2D eigenvalue weighted by Crippen LogP contribution is 2.36. The van der Waals surface area contributed by atoms with Gasteiger partial charge in [-0.3, -0.25) is 0 Å². The van der Waals surface area contributed by atoms with Crippen molar-refractivity contribution in [2.24, 2.45) is 5.41 Å². The SMILES string of the molecule is CC1(CNCc2c(Cl)cccc2Cl)CCCC1. The van der Waals surface area contributed by atoms with Crippen LogP contribution in [0.25, 0.3) is 0 Å². The van der Waals surface area contributed by atoms with E-state index >= 15 is 0 Å². The molecule has 0 spiro atoms. The first kappa shape index (κ1) is 13.2. The minimum Gasteiger partial charge on any atom is -0.312 e. The third kappa shape index (κ3) is 3.37. The van der Waals surface area contributed by atoms with Crippen molar-refractivity contribution in [1.82, 2.24) is 5.32 Å². The fourth-order valence-corrected chi connectivity index (χ4v) is 3.13. The summed E-state index contributed by atoms with van der Waals surface area (Å²) in [6.45, 7) is 4.17. The van der Waals surface area contributed by atoms with Gasteiger partial charge < -0.3 is 5.32 Å². The molecular formula is C14H19Cl2N. The topological polar surface area (TPSA) is 12.0 Å². The number of nitrogens with one attached hydrogen (secondary N) is 1. The van der Waals surface area contributed by atoms with E-state index in [1.807, 2.05) is 18.2 Å². The van der Waals surface area contributed by atoms with Crippen LogP contribution in [0, 0.1) is 5.41 Å². The first-order valence-corrected chi connectivity index (χ1v) is 7.00. The van der Waals surface area contributed by atoms with Gasteiger partial charge in [-0.2, -0.15) is 0 Å². The third-order valence-corrected chi connectivity index (χ3v) is 4.43. The molecule has 0 aliphatic heterocycles. The van der Waals surface area contributed by atoms with E-state index < -0.39 is 0 Å². The molecule has 0 atom stereocenters. The van der Waals surface area contributed by atoms with Crippen molar-refractivity contribution in [1.29, 1.82) is 0 Å². The second kappa shape index (κ2) is 5.60. The Balaban J connectivity index is 1.90. The molecule has 1 aromatic carbocycles. The van der Waals surface area contributed by atoms with Crippen molar-refractivity contribution >= 4 is 23.2 Å². The van der Waals surface area contributed by atoms with Crippen LogP contribution in [0.15, 0.2) is 18.2 Å². The Bertz CT molecular complexity index is 364. The zero-order valence-electron chi connectivity index (χ0n) is 10.2. The number of benzene rings is 1. The lowest BCUT2D eigenvalue weighted by atomic mass is 9.89. The highest BCUT2D eigenvalue weighted by Gasteiger charge is 2.27. The predicted molar refractivity (Wildman–Crippen MR) is 74.7 cm³/mol. The van der Waals surface area contributed by atoms with Crippen LogP contribution in [0.5, 0.6) is 0 Å². The number of halogens is 2. The molecule has 1 fully saturated rings. The molecule has 3 heteroatoms. The molecule has 0 aromatic heterocycles. The molecule has 0 unspecified atom stereocenters. The predicted octanol–water partition coefficient (Wildman–Crippen LogP) is 4.66. The maximum atomic E-state index is 6.14. The summed E-state index contributed by atoms with van der Waals surface area (Å²) in [4.78, 5) is 0. The average Bonchev–Trinajstić information content (AvgIpc) is 2.70. The van der Waals surface area contributed by atoms with Crippen molar-refractivity contribution < 1.29 is 0 Å². The van der Waals surface area contributed by atoms with Crippen molar-refractivity contribution in [3.8, 4) is 0 Å². The minimum atomic E-state index is 0.466. The summed E-state index contributed by atoms with van der Waals surface area (Å²) in [5.74, 6) is 0. The minimum absolute atomic E-state index is 0.466. The second-order valence-electron chi connectivity index (χ2n) is 5.32. The molecule has 0 saturated heterocycles. The Morgan fingerprint density at radius 1 is 1.18 bits per heavy atom. The Morgan fingerprint density at radius 3 is 2.35 bits per heavy atom. The van der Waals surface area contributed by atoms with Gasteiger partial charge in [-0.15, -0.1) is 0 Å². The van der Waals surface area contributed by atoms with Gasteiger partial charge in [0.2, 0.25) is 0 Å². The fraction of sp³-hybridized carbons (Fsp3) is 0.571. The summed E-state index contributed by atoms with van der Waals surface area (Å²) < 4.78 is 0. The van der Waals surface area contributed by atoms with Crippen molar-refractivity contribution in [2.45, 2.75) is 39.2 Å². The monoisotopic (exact) mass is 271 g/mol. The van der Waals surface area contributed by atoms with Crippen LogP contribution in [0.4, 0.5) is 0 Å². The Hall–Kier alpha value is -0.240. The van der Waals surface area contributed by atoms with Crippen LogP contribution in [-0.4, -0.2) is 6.54 Å². The van der Waals surface area contributed by atoms with Crippen molar-refractivity contribution in [2.75, 3.05) is 6.54 Å². The zero-order valence-corrected chi connectivity index (χ0v) is 11.7. The Labute approximate surface area is 114 Å². The lowest BCUT2D eigenvalue weighted by Crippen LogP contribution is -2.29. The molecule has 0 bridgehead atoms. The quantitative estimate of drug-likeness (QED) is 0.840. The largest absolute Gasteiger partial charge is 0.312 e. The van der Waals surface area contributed by atoms with Gasteiger partial charge in [-0.05, 0) is 30.4 Å². The highest BCUT2D eigenvalue weighted by molar-refractivity contribution is 6.35. The molecule has 1 aromatic rings. The summed E-state index contributed by atoms with van der Waals surface area (Å²) in [5, 5.41) is 5.00. The number of hydrogen-bond acceptors (Lipinski definition) is 1. The maximum absolute atomic E-state index is 6.14. The van der Waals surface area contributed by atoms with Gasteiger partial charge in [0.05, 0.1) is 0 Å². The van der Waals surface area contributed by atoms with Crippen LogP contribution in [0.3, 0.4) is 0 Å². The fourth-order valence-electron chi connectivity index (χ4n) is 2.60. The van der Waals surface area contributed by atoms with Crippen molar-refractivity contribution in [3.05, 3.63) is 33.8 Å². The molecule has 1 aliphatic rings. The third-order valence-electron chi connectivity index (χ3n) is 3.73. The van der Waals surface area contributed by atoms with E-state index in [9.17, 15) is 0 Å². The second-order valence-corrected chi connectivity index (χ2v) is 6.14. The Morgan fingerprint density at radius 2 is 1.76 bits per heavy atom. The van der Waals surface area contributed by atoms with E-state index in [0.717, 1.165) is 28.7 Å². The van der Waals surface area contributed by atoms with Crippen LogP contribution >= 0.6 is 23.2 Å². The average molecular weight is 272 g/mol. The van der Waals surface area contributed by atoms with Crippen LogP contribution in [-0.2, 0) is 6.54 Å². The summed E-state index contributed by atoms with van der Waals surface area (Å²) in [7, 11) is 0. The summed E-state index contributed by atoms with van der Waals surface area (Å²) in [5.41, 5.74) is 1.48. The molecule has 17 heavy (non-hydrogen) atoms. The highest BCUT2D eigenvalue weighted by atomic mass is 35.5. The Kier molecular flexibility index (Phi) is 4.35. The zero-order chi connectivity index (χ0) is 12.3. The van der Waals surface area contributed by atoms with Gasteiger partial charge in [-0.25, -0.2) is 0 Å². The molecule has 94 valence electrons. The summed E-state index contributed by atoms with van der Waals surface area (Å²) in [6, 6.07) is 5.66. The van der Waals surface area contributed by atoms with Gasteiger partial charge in [-0.1, -0.05) is 49.0 Å². The smallest absolute Gasteiger partial charge is 0.0465 e. The van der Waals surface area contributed by atoms with E-state index in [2.05, 4.69) is 12.2 Å². The molecular weight excluding hydrogens is 253 g/mol. The number of hydrogen-bond donors (Lipinski definition) is 1. The van der Waals surface area contributed by atoms with Gasteiger partial charge in [0.25, 0.3) is 0 Å². The van der Waals surface area contributed by atoms with Gasteiger partial charge >= 0.3 is 0 Å².